The maximum atomic E-state index is 11.4. The summed E-state index contributed by atoms with van der Waals surface area (Å²) in [5.41, 5.74) is 0. The third kappa shape index (κ3) is 5.64. The molecule has 5 nitrogen and oxygen atoms in total. The molecule has 0 amide bonds. The number of hydrogen-bond acceptors (Lipinski definition) is 4. The van der Waals surface area contributed by atoms with Gasteiger partial charge in [-0.1, -0.05) is 18.5 Å². The van der Waals surface area contributed by atoms with Gasteiger partial charge in [0.2, 0.25) is 10.0 Å². The van der Waals surface area contributed by atoms with Gasteiger partial charge in [0, 0.05) is 25.8 Å². The Morgan fingerprint density at radius 3 is 2.74 bits per heavy atom. The first-order valence-electron chi connectivity index (χ1n) is 5.84. The first-order chi connectivity index (χ1) is 8.84. The molecule has 19 heavy (non-hydrogen) atoms. The van der Waals surface area contributed by atoms with E-state index in [0.717, 1.165) is 4.47 Å². The summed E-state index contributed by atoms with van der Waals surface area (Å²) in [6.07, 6.45) is 3.49. The van der Waals surface area contributed by atoms with Gasteiger partial charge in [-0.25, -0.2) is 17.7 Å². The van der Waals surface area contributed by atoms with Crippen LogP contribution in [0.5, 0.6) is 0 Å². The van der Waals surface area contributed by atoms with E-state index in [-0.39, 0.29) is 0 Å². The fraction of sp³-hybridized carbons (Fsp3) is 0.545. The fourth-order valence-electron chi connectivity index (χ4n) is 1.57. The number of hydrogen-bond donors (Lipinski definition) is 1. The Labute approximate surface area is 127 Å². The van der Waals surface area contributed by atoms with Crippen molar-refractivity contribution in [3.63, 3.8) is 0 Å². The Balaban J connectivity index is 2.42. The number of anilines is 1. The van der Waals surface area contributed by atoms with E-state index in [1.807, 2.05) is 6.92 Å². The van der Waals surface area contributed by atoms with Crippen molar-refractivity contribution in [3.8, 4) is 0 Å². The maximum Gasteiger partial charge on any atom is 0.211 e. The SMILES string of the molecule is CCN(CCCNc1ncc(Cl)cc1Br)S(C)(=O)=O. The van der Waals surface area contributed by atoms with Gasteiger partial charge in [-0.15, -0.1) is 0 Å². The summed E-state index contributed by atoms with van der Waals surface area (Å²) >= 11 is 9.15. The second-order valence-corrected chi connectivity index (χ2v) is 7.29. The third-order valence-corrected chi connectivity index (χ3v) is 4.70. The molecule has 1 N–H and O–H groups in total. The molecule has 1 aromatic heterocycles. The quantitative estimate of drug-likeness (QED) is 0.749. The second-order valence-electron chi connectivity index (χ2n) is 4.02. The third-order valence-electron chi connectivity index (χ3n) is 2.51. The number of rotatable bonds is 7. The number of nitrogens with zero attached hydrogens (tertiary/aromatic N) is 2. The Bertz CT molecular complexity index is 525. The molecule has 1 heterocycles. The van der Waals surface area contributed by atoms with Crippen LogP contribution in [0.3, 0.4) is 0 Å². The molecular formula is C11H17BrClN3O2S. The average Bonchev–Trinajstić information content (AvgIpc) is 2.29. The van der Waals surface area contributed by atoms with Crippen LogP contribution in [-0.4, -0.2) is 43.6 Å². The highest BCUT2D eigenvalue weighted by Gasteiger charge is 2.13. The van der Waals surface area contributed by atoms with Crippen molar-refractivity contribution in [1.29, 1.82) is 0 Å². The standard InChI is InChI=1S/C11H17BrClN3O2S/c1-3-16(19(2,17)18)6-4-5-14-11-10(12)7-9(13)8-15-11/h7-8H,3-6H2,1-2H3,(H,14,15). The van der Waals surface area contributed by atoms with Crippen LogP contribution in [-0.2, 0) is 10.0 Å². The Morgan fingerprint density at radius 2 is 2.21 bits per heavy atom. The van der Waals surface area contributed by atoms with Crippen LogP contribution in [0.2, 0.25) is 5.02 Å². The van der Waals surface area contributed by atoms with Crippen LogP contribution < -0.4 is 5.32 Å². The van der Waals surface area contributed by atoms with Gasteiger partial charge < -0.3 is 5.32 Å². The van der Waals surface area contributed by atoms with Gasteiger partial charge in [-0.3, -0.25) is 0 Å². The van der Waals surface area contributed by atoms with Crippen LogP contribution in [0.25, 0.3) is 0 Å². The molecule has 0 aliphatic rings. The van der Waals surface area contributed by atoms with Crippen LogP contribution in [0.1, 0.15) is 13.3 Å². The predicted octanol–water partition coefficient (Wildman–Crippen LogP) is 2.58. The van der Waals surface area contributed by atoms with E-state index in [4.69, 9.17) is 11.6 Å². The molecule has 0 saturated carbocycles. The van der Waals surface area contributed by atoms with E-state index >= 15 is 0 Å². The van der Waals surface area contributed by atoms with Crippen molar-refractivity contribution in [2.75, 3.05) is 31.2 Å². The van der Waals surface area contributed by atoms with Gasteiger partial charge in [0.1, 0.15) is 5.82 Å². The molecule has 0 bridgehead atoms. The molecule has 0 atom stereocenters. The van der Waals surface area contributed by atoms with Crippen LogP contribution in [0.15, 0.2) is 16.7 Å². The van der Waals surface area contributed by atoms with E-state index < -0.39 is 10.0 Å². The van der Waals surface area contributed by atoms with Crippen LogP contribution in [0, 0.1) is 0 Å². The van der Waals surface area contributed by atoms with Gasteiger partial charge in [-0.2, -0.15) is 0 Å². The molecule has 0 unspecified atom stereocenters. The van der Waals surface area contributed by atoms with Gasteiger partial charge >= 0.3 is 0 Å². The molecule has 0 fully saturated rings. The Morgan fingerprint density at radius 1 is 1.53 bits per heavy atom. The molecule has 0 spiro atoms. The molecule has 108 valence electrons. The van der Waals surface area contributed by atoms with E-state index in [2.05, 4.69) is 26.2 Å². The summed E-state index contributed by atoms with van der Waals surface area (Å²) in [6, 6.07) is 1.76. The van der Waals surface area contributed by atoms with Crippen molar-refractivity contribution >= 4 is 43.4 Å². The predicted molar refractivity (Wildman–Crippen MR) is 82.1 cm³/mol. The van der Waals surface area contributed by atoms with Crippen molar-refractivity contribution in [3.05, 3.63) is 21.8 Å². The molecule has 1 aromatic rings. The van der Waals surface area contributed by atoms with Gasteiger partial charge in [0.25, 0.3) is 0 Å². The van der Waals surface area contributed by atoms with Crippen molar-refractivity contribution in [2.45, 2.75) is 13.3 Å². The lowest BCUT2D eigenvalue weighted by molar-refractivity contribution is 0.428. The van der Waals surface area contributed by atoms with Gasteiger partial charge in [0.15, 0.2) is 0 Å². The lowest BCUT2D eigenvalue weighted by atomic mass is 10.4. The summed E-state index contributed by atoms with van der Waals surface area (Å²) < 4.78 is 25.0. The minimum absolute atomic E-state index is 0.488. The first-order valence-corrected chi connectivity index (χ1v) is 8.86. The zero-order valence-corrected chi connectivity index (χ0v) is 14.0. The lowest BCUT2D eigenvalue weighted by Crippen LogP contribution is -2.31. The summed E-state index contributed by atoms with van der Waals surface area (Å²) in [6.45, 7) is 3.44. The zero-order valence-electron chi connectivity index (χ0n) is 10.9. The first kappa shape index (κ1) is 16.7. The number of halogens is 2. The van der Waals surface area contributed by atoms with E-state index in [1.165, 1.54) is 10.6 Å². The number of pyridine rings is 1. The summed E-state index contributed by atoms with van der Waals surface area (Å²) in [4.78, 5) is 4.14. The van der Waals surface area contributed by atoms with Crippen molar-refractivity contribution < 1.29 is 8.42 Å². The smallest absolute Gasteiger partial charge is 0.211 e. The van der Waals surface area contributed by atoms with E-state index in [9.17, 15) is 8.42 Å². The summed E-state index contributed by atoms with van der Waals surface area (Å²) in [7, 11) is -3.11. The average molecular weight is 371 g/mol. The highest BCUT2D eigenvalue weighted by atomic mass is 79.9. The number of nitrogens with one attached hydrogen (secondary N) is 1. The number of sulfonamides is 1. The maximum absolute atomic E-state index is 11.4. The molecule has 0 aromatic carbocycles. The van der Waals surface area contributed by atoms with Crippen molar-refractivity contribution in [2.24, 2.45) is 0 Å². The molecular weight excluding hydrogens is 354 g/mol. The van der Waals surface area contributed by atoms with E-state index in [1.54, 1.807) is 12.3 Å². The summed E-state index contributed by atoms with van der Waals surface area (Å²) in [5.74, 6) is 0.701. The van der Waals surface area contributed by atoms with Crippen LogP contribution in [0.4, 0.5) is 5.82 Å². The molecule has 8 heteroatoms. The van der Waals surface area contributed by atoms with Crippen molar-refractivity contribution in [1.82, 2.24) is 9.29 Å². The minimum atomic E-state index is -3.11. The number of aromatic nitrogens is 1. The molecule has 0 aliphatic carbocycles. The zero-order chi connectivity index (χ0) is 14.5. The Kier molecular flexibility index (Phi) is 6.52. The second kappa shape index (κ2) is 7.42. The molecule has 0 radical (unpaired) electrons. The highest BCUT2D eigenvalue weighted by Crippen LogP contribution is 2.22. The topological polar surface area (TPSA) is 62.3 Å². The largest absolute Gasteiger partial charge is 0.369 e. The van der Waals surface area contributed by atoms with E-state index in [0.29, 0.717) is 36.9 Å². The molecule has 0 saturated heterocycles. The minimum Gasteiger partial charge on any atom is -0.369 e. The molecule has 0 aliphatic heterocycles. The fourth-order valence-corrected chi connectivity index (χ4v) is 3.27. The van der Waals surface area contributed by atoms with Gasteiger partial charge in [0.05, 0.1) is 15.8 Å². The van der Waals surface area contributed by atoms with Crippen LogP contribution >= 0.6 is 27.5 Å². The Hall–Kier alpha value is -0.370. The normalized spacial score (nSPS) is 11.8. The lowest BCUT2D eigenvalue weighted by Gasteiger charge is -2.17. The highest BCUT2D eigenvalue weighted by molar-refractivity contribution is 9.10. The summed E-state index contributed by atoms with van der Waals surface area (Å²) in [5, 5.41) is 3.69. The van der Waals surface area contributed by atoms with Gasteiger partial charge in [-0.05, 0) is 28.4 Å². The monoisotopic (exact) mass is 369 g/mol. The molecule has 1 rings (SSSR count).